The number of rotatable bonds is 7. The Hall–Kier alpha value is -2.19. The van der Waals surface area contributed by atoms with Gasteiger partial charge in [-0.2, -0.15) is 5.10 Å². The lowest BCUT2D eigenvalue weighted by molar-refractivity contribution is 0.0946. The highest BCUT2D eigenvalue weighted by atomic mass is 32.2. The second-order valence-electron chi connectivity index (χ2n) is 5.95. The standard InChI is InChI=1S/C16H20N4O3S/c1-17-24(22,23)10-12-4-2-11(3-5-12)9-18-16(21)15-8-14(19-20-15)13-6-7-13/h2-5,8,13,17H,6-7,9-10H2,1H3,(H,18,21)(H,19,20). The number of H-pyrrole nitrogens is 1. The van der Waals surface area contributed by atoms with Crippen molar-refractivity contribution in [3.8, 4) is 0 Å². The van der Waals surface area contributed by atoms with E-state index in [-0.39, 0.29) is 11.7 Å². The third-order valence-corrected chi connectivity index (χ3v) is 5.33. The Morgan fingerprint density at radius 3 is 2.54 bits per heavy atom. The highest BCUT2D eigenvalue weighted by Gasteiger charge is 2.26. The number of carbonyl (C=O) groups excluding carboxylic acids is 1. The number of carbonyl (C=O) groups is 1. The molecule has 8 heteroatoms. The average Bonchev–Trinajstić information content (AvgIpc) is 3.31. The van der Waals surface area contributed by atoms with E-state index >= 15 is 0 Å². The average molecular weight is 348 g/mol. The first-order chi connectivity index (χ1) is 11.5. The van der Waals surface area contributed by atoms with Crippen LogP contribution in [0.1, 0.15) is 46.1 Å². The Balaban J connectivity index is 1.54. The van der Waals surface area contributed by atoms with E-state index in [2.05, 4.69) is 20.2 Å². The largest absolute Gasteiger partial charge is 0.347 e. The Morgan fingerprint density at radius 1 is 1.25 bits per heavy atom. The van der Waals surface area contributed by atoms with E-state index in [9.17, 15) is 13.2 Å². The molecule has 0 unspecified atom stereocenters. The lowest BCUT2D eigenvalue weighted by atomic mass is 10.1. The summed E-state index contributed by atoms with van der Waals surface area (Å²) < 4.78 is 25.3. The van der Waals surface area contributed by atoms with Gasteiger partial charge in [0.15, 0.2) is 0 Å². The molecular weight excluding hydrogens is 328 g/mol. The zero-order valence-electron chi connectivity index (χ0n) is 13.4. The highest BCUT2D eigenvalue weighted by molar-refractivity contribution is 7.88. The lowest BCUT2D eigenvalue weighted by Gasteiger charge is -2.06. The molecule has 0 spiro atoms. The molecule has 7 nitrogen and oxygen atoms in total. The zero-order valence-corrected chi connectivity index (χ0v) is 14.2. The molecule has 1 aromatic heterocycles. The first-order valence-corrected chi connectivity index (χ1v) is 9.44. The van der Waals surface area contributed by atoms with Crippen LogP contribution in [0.3, 0.4) is 0 Å². The summed E-state index contributed by atoms with van der Waals surface area (Å²) in [5.74, 6) is 0.244. The Labute approximate surface area is 140 Å². The summed E-state index contributed by atoms with van der Waals surface area (Å²) in [5, 5.41) is 9.77. The fourth-order valence-corrected chi connectivity index (χ4v) is 3.15. The maximum absolute atomic E-state index is 12.1. The molecule has 1 saturated carbocycles. The van der Waals surface area contributed by atoms with Gasteiger partial charge in [-0.1, -0.05) is 24.3 Å². The number of aromatic nitrogens is 2. The van der Waals surface area contributed by atoms with Gasteiger partial charge in [-0.3, -0.25) is 9.89 Å². The number of nitrogens with zero attached hydrogens (tertiary/aromatic N) is 1. The number of amides is 1. The topological polar surface area (TPSA) is 104 Å². The number of benzene rings is 1. The highest BCUT2D eigenvalue weighted by Crippen LogP contribution is 2.38. The van der Waals surface area contributed by atoms with Crippen molar-refractivity contribution in [2.75, 3.05) is 7.05 Å². The fraction of sp³-hybridized carbons (Fsp3) is 0.375. The van der Waals surface area contributed by atoms with Crippen LogP contribution in [-0.2, 0) is 22.3 Å². The summed E-state index contributed by atoms with van der Waals surface area (Å²) in [6.45, 7) is 0.365. The van der Waals surface area contributed by atoms with Gasteiger partial charge in [-0.05, 0) is 37.1 Å². The molecule has 1 aromatic carbocycles. The van der Waals surface area contributed by atoms with Gasteiger partial charge >= 0.3 is 0 Å². The normalized spacial score (nSPS) is 14.5. The van der Waals surface area contributed by atoms with Crippen LogP contribution in [0.4, 0.5) is 0 Å². The van der Waals surface area contributed by atoms with Crippen molar-refractivity contribution in [3.05, 3.63) is 52.8 Å². The molecule has 0 atom stereocenters. The van der Waals surface area contributed by atoms with Crippen molar-refractivity contribution < 1.29 is 13.2 Å². The van der Waals surface area contributed by atoms with Crippen LogP contribution in [0.25, 0.3) is 0 Å². The van der Waals surface area contributed by atoms with E-state index in [1.807, 2.05) is 0 Å². The van der Waals surface area contributed by atoms with E-state index in [0.717, 1.165) is 24.1 Å². The predicted molar refractivity (Wildman–Crippen MR) is 89.9 cm³/mol. The van der Waals surface area contributed by atoms with Gasteiger partial charge in [0.1, 0.15) is 5.69 Å². The number of hydrogen-bond donors (Lipinski definition) is 3. The first kappa shape index (κ1) is 16.7. The molecule has 0 radical (unpaired) electrons. The van der Waals surface area contributed by atoms with Gasteiger partial charge in [0, 0.05) is 18.2 Å². The first-order valence-electron chi connectivity index (χ1n) is 7.79. The Morgan fingerprint density at radius 2 is 1.92 bits per heavy atom. The number of aromatic amines is 1. The molecule has 1 aliphatic carbocycles. The molecule has 0 saturated heterocycles. The Bertz CT molecular complexity index is 823. The third kappa shape index (κ3) is 4.21. The second-order valence-corrected chi connectivity index (χ2v) is 7.87. The van der Waals surface area contributed by atoms with Crippen molar-refractivity contribution in [1.82, 2.24) is 20.2 Å². The molecule has 0 aliphatic heterocycles. The quantitative estimate of drug-likeness (QED) is 0.701. The minimum absolute atomic E-state index is 0.0622. The van der Waals surface area contributed by atoms with E-state index < -0.39 is 10.0 Å². The summed E-state index contributed by atoms with van der Waals surface area (Å²) in [4.78, 5) is 12.1. The smallest absolute Gasteiger partial charge is 0.272 e. The summed E-state index contributed by atoms with van der Waals surface area (Å²) in [7, 11) is -1.89. The van der Waals surface area contributed by atoms with E-state index in [4.69, 9.17) is 0 Å². The van der Waals surface area contributed by atoms with Crippen LogP contribution in [-0.4, -0.2) is 31.6 Å². The van der Waals surface area contributed by atoms with Gasteiger partial charge < -0.3 is 5.32 Å². The van der Waals surface area contributed by atoms with E-state index in [0.29, 0.717) is 23.7 Å². The van der Waals surface area contributed by atoms with Gasteiger partial charge in [0.25, 0.3) is 5.91 Å². The van der Waals surface area contributed by atoms with Crippen LogP contribution in [0.15, 0.2) is 30.3 Å². The monoisotopic (exact) mass is 348 g/mol. The van der Waals surface area contributed by atoms with Crippen molar-refractivity contribution in [2.45, 2.75) is 31.1 Å². The van der Waals surface area contributed by atoms with Crippen molar-refractivity contribution >= 4 is 15.9 Å². The van der Waals surface area contributed by atoms with Crippen LogP contribution in [0.2, 0.25) is 0 Å². The van der Waals surface area contributed by atoms with Crippen LogP contribution in [0.5, 0.6) is 0 Å². The van der Waals surface area contributed by atoms with Crippen LogP contribution >= 0.6 is 0 Å². The van der Waals surface area contributed by atoms with Crippen molar-refractivity contribution in [2.24, 2.45) is 0 Å². The van der Waals surface area contributed by atoms with Crippen molar-refractivity contribution in [3.63, 3.8) is 0 Å². The molecule has 2 aromatic rings. The molecular formula is C16H20N4O3S. The molecule has 3 N–H and O–H groups in total. The number of nitrogens with one attached hydrogen (secondary N) is 3. The van der Waals surface area contributed by atoms with E-state index in [1.165, 1.54) is 7.05 Å². The van der Waals surface area contributed by atoms with Gasteiger partial charge in [0.2, 0.25) is 10.0 Å². The van der Waals surface area contributed by atoms with Crippen LogP contribution < -0.4 is 10.0 Å². The van der Waals surface area contributed by atoms with Crippen molar-refractivity contribution in [1.29, 1.82) is 0 Å². The van der Waals surface area contributed by atoms with Gasteiger partial charge in [0.05, 0.1) is 5.75 Å². The third-order valence-electron chi connectivity index (χ3n) is 3.99. The summed E-state index contributed by atoms with van der Waals surface area (Å²) in [6, 6.07) is 8.91. The second kappa shape index (κ2) is 6.74. The minimum Gasteiger partial charge on any atom is -0.347 e. The lowest BCUT2D eigenvalue weighted by Crippen LogP contribution is -2.23. The molecule has 1 fully saturated rings. The molecule has 3 rings (SSSR count). The molecule has 128 valence electrons. The zero-order chi connectivity index (χ0) is 17.2. The summed E-state index contributed by atoms with van der Waals surface area (Å²) in [5.41, 5.74) is 3.01. The number of hydrogen-bond acceptors (Lipinski definition) is 4. The molecule has 1 amide bonds. The summed E-state index contributed by atoms with van der Waals surface area (Å²) in [6.07, 6.45) is 2.30. The molecule has 0 bridgehead atoms. The molecule has 1 heterocycles. The van der Waals surface area contributed by atoms with E-state index in [1.54, 1.807) is 30.3 Å². The fourth-order valence-electron chi connectivity index (χ4n) is 2.37. The maximum atomic E-state index is 12.1. The van der Waals surface area contributed by atoms with Gasteiger partial charge in [-0.15, -0.1) is 0 Å². The SMILES string of the molecule is CNS(=O)(=O)Cc1ccc(CNC(=O)c2cc(C3CC3)[nH]n2)cc1. The maximum Gasteiger partial charge on any atom is 0.272 e. The minimum atomic E-state index is -3.28. The predicted octanol–water partition coefficient (Wildman–Crippen LogP) is 1.27. The van der Waals surface area contributed by atoms with Crippen LogP contribution in [0, 0.1) is 0 Å². The summed E-state index contributed by atoms with van der Waals surface area (Å²) >= 11 is 0. The van der Waals surface area contributed by atoms with Gasteiger partial charge in [-0.25, -0.2) is 13.1 Å². The number of sulfonamides is 1. The Kier molecular flexibility index (Phi) is 4.68. The molecule has 1 aliphatic rings. The molecule has 24 heavy (non-hydrogen) atoms.